The van der Waals surface area contributed by atoms with Crippen molar-refractivity contribution in [1.29, 1.82) is 0 Å². The van der Waals surface area contributed by atoms with Crippen molar-refractivity contribution in [2.75, 3.05) is 13.2 Å². The maximum absolute atomic E-state index is 5.84. The van der Waals surface area contributed by atoms with Crippen molar-refractivity contribution in [2.24, 2.45) is 0 Å². The number of nitrogens with zero attached hydrogens (tertiary/aromatic N) is 2. The predicted molar refractivity (Wildman–Crippen MR) is 67.9 cm³/mol. The molecule has 1 aliphatic heterocycles. The summed E-state index contributed by atoms with van der Waals surface area (Å²) in [6.07, 6.45) is 9.02. The molecule has 1 fully saturated rings. The van der Waals surface area contributed by atoms with E-state index in [1.165, 1.54) is 0 Å². The summed E-state index contributed by atoms with van der Waals surface area (Å²) in [4.78, 5) is 4.04. The molecule has 2 rings (SSSR count). The highest BCUT2D eigenvalue weighted by Gasteiger charge is 2.31. The van der Waals surface area contributed by atoms with Gasteiger partial charge in [0, 0.05) is 38.1 Å². The third kappa shape index (κ3) is 3.54. The fourth-order valence-electron chi connectivity index (χ4n) is 2.37. The molecule has 17 heavy (non-hydrogen) atoms. The monoisotopic (exact) mass is 237 g/mol. The summed E-state index contributed by atoms with van der Waals surface area (Å²) in [7, 11) is 0. The van der Waals surface area contributed by atoms with E-state index in [4.69, 9.17) is 4.74 Å². The third-order valence-electron chi connectivity index (χ3n) is 3.71. The molecule has 0 aliphatic carbocycles. The van der Waals surface area contributed by atoms with E-state index >= 15 is 0 Å². The van der Waals surface area contributed by atoms with Crippen LogP contribution in [0, 0.1) is 0 Å². The highest BCUT2D eigenvalue weighted by Crippen LogP contribution is 2.27. The van der Waals surface area contributed by atoms with E-state index in [0.29, 0.717) is 6.04 Å². The standard InChI is InChI=1S/C13H23N3O/c1-3-13(2)10-12(4-9-17-13)15-6-8-16-7-5-14-11-16/h5,7,11-12,15H,3-4,6,8-10H2,1-2H3. The highest BCUT2D eigenvalue weighted by atomic mass is 16.5. The maximum Gasteiger partial charge on any atom is 0.0946 e. The summed E-state index contributed by atoms with van der Waals surface area (Å²) in [6.45, 7) is 7.29. The van der Waals surface area contributed by atoms with Gasteiger partial charge in [-0.2, -0.15) is 0 Å². The van der Waals surface area contributed by atoms with Gasteiger partial charge in [-0.15, -0.1) is 0 Å². The minimum atomic E-state index is 0.0743. The molecular weight excluding hydrogens is 214 g/mol. The van der Waals surface area contributed by atoms with Gasteiger partial charge in [-0.25, -0.2) is 4.98 Å². The molecule has 4 nitrogen and oxygen atoms in total. The van der Waals surface area contributed by atoms with Gasteiger partial charge in [0.2, 0.25) is 0 Å². The average Bonchev–Trinajstić information content (AvgIpc) is 2.82. The van der Waals surface area contributed by atoms with Crippen LogP contribution in [0.15, 0.2) is 18.7 Å². The Labute approximate surface area is 103 Å². The largest absolute Gasteiger partial charge is 0.375 e. The van der Waals surface area contributed by atoms with Crippen LogP contribution in [0.3, 0.4) is 0 Å². The Morgan fingerprint density at radius 1 is 1.59 bits per heavy atom. The second-order valence-electron chi connectivity index (χ2n) is 5.10. The van der Waals surface area contributed by atoms with E-state index in [1.54, 1.807) is 0 Å². The number of nitrogens with one attached hydrogen (secondary N) is 1. The average molecular weight is 237 g/mol. The van der Waals surface area contributed by atoms with Crippen molar-refractivity contribution in [1.82, 2.24) is 14.9 Å². The number of imidazole rings is 1. The smallest absolute Gasteiger partial charge is 0.0946 e. The first kappa shape index (κ1) is 12.6. The summed E-state index contributed by atoms with van der Waals surface area (Å²) < 4.78 is 7.94. The van der Waals surface area contributed by atoms with Gasteiger partial charge in [-0.05, 0) is 26.2 Å². The first-order chi connectivity index (χ1) is 8.22. The molecule has 1 saturated heterocycles. The predicted octanol–water partition coefficient (Wildman–Crippen LogP) is 1.82. The number of rotatable bonds is 5. The topological polar surface area (TPSA) is 39.1 Å². The second-order valence-corrected chi connectivity index (χ2v) is 5.10. The van der Waals surface area contributed by atoms with Crippen molar-refractivity contribution in [3.8, 4) is 0 Å². The van der Waals surface area contributed by atoms with Crippen LogP contribution < -0.4 is 5.32 Å². The minimum absolute atomic E-state index is 0.0743. The molecule has 1 aromatic rings. The first-order valence-corrected chi connectivity index (χ1v) is 6.55. The Morgan fingerprint density at radius 3 is 3.18 bits per heavy atom. The van der Waals surface area contributed by atoms with Crippen LogP contribution in [0.4, 0.5) is 0 Å². The van der Waals surface area contributed by atoms with Crippen LogP contribution in [0.2, 0.25) is 0 Å². The molecule has 0 spiro atoms. The zero-order valence-corrected chi connectivity index (χ0v) is 10.9. The molecule has 2 heterocycles. The lowest BCUT2D eigenvalue weighted by Crippen LogP contribution is -2.45. The van der Waals surface area contributed by atoms with Crippen molar-refractivity contribution >= 4 is 0 Å². The van der Waals surface area contributed by atoms with Crippen LogP contribution in [0.1, 0.15) is 33.1 Å². The summed E-state index contributed by atoms with van der Waals surface area (Å²) in [5, 5.41) is 3.62. The number of ether oxygens (including phenoxy) is 1. The molecule has 0 radical (unpaired) electrons. The number of hydrogen-bond donors (Lipinski definition) is 1. The molecule has 1 aromatic heterocycles. The first-order valence-electron chi connectivity index (χ1n) is 6.55. The van der Waals surface area contributed by atoms with Crippen molar-refractivity contribution in [3.63, 3.8) is 0 Å². The van der Waals surface area contributed by atoms with E-state index in [9.17, 15) is 0 Å². The lowest BCUT2D eigenvalue weighted by Gasteiger charge is -2.38. The van der Waals surface area contributed by atoms with E-state index in [-0.39, 0.29) is 5.60 Å². The molecule has 0 bridgehead atoms. The molecule has 2 unspecified atom stereocenters. The molecule has 1 aliphatic rings. The van der Waals surface area contributed by atoms with Crippen LogP contribution in [0.25, 0.3) is 0 Å². The minimum Gasteiger partial charge on any atom is -0.375 e. The Balaban J connectivity index is 1.72. The Morgan fingerprint density at radius 2 is 2.47 bits per heavy atom. The van der Waals surface area contributed by atoms with Crippen LogP contribution in [0.5, 0.6) is 0 Å². The van der Waals surface area contributed by atoms with Gasteiger partial charge in [-0.3, -0.25) is 0 Å². The van der Waals surface area contributed by atoms with E-state index in [0.717, 1.165) is 39.0 Å². The fraction of sp³-hybridized carbons (Fsp3) is 0.769. The molecule has 0 aromatic carbocycles. The van der Waals surface area contributed by atoms with Gasteiger partial charge in [0.25, 0.3) is 0 Å². The Bertz CT molecular complexity index is 325. The lowest BCUT2D eigenvalue weighted by molar-refractivity contribution is -0.0779. The molecule has 96 valence electrons. The van der Waals surface area contributed by atoms with E-state index < -0.39 is 0 Å². The second kappa shape index (κ2) is 5.65. The van der Waals surface area contributed by atoms with Crippen LogP contribution >= 0.6 is 0 Å². The highest BCUT2D eigenvalue weighted by molar-refractivity contribution is 4.85. The zero-order valence-electron chi connectivity index (χ0n) is 10.9. The normalized spacial score (nSPS) is 29.4. The number of aromatic nitrogens is 2. The van der Waals surface area contributed by atoms with Crippen molar-refractivity contribution in [3.05, 3.63) is 18.7 Å². The van der Waals surface area contributed by atoms with Gasteiger partial charge in [0.1, 0.15) is 0 Å². The summed E-state index contributed by atoms with van der Waals surface area (Å²) in [5.41, 5.74) is 0.0743. The van der Waals surface area contributed by atoms with Crippen molar-refractivity contribution in [2.45, 2.75) is 51.3 Å². The maximum atomic E-state index is 5.84. The molecule has 4 heteroatoms. The summed E-state index contributed by atoms with van der Waals surface area (Å²) in [5.74, 6) is 0. The van der Waals surface area contributed by atoms with E-state index in [2.05, 4.69) is 28.7 Å². The number of hydrogen-bond acceptors (Lipinski definition) is 3. The summed E-state index contributed by atoms with van der Waals surface area (Å²) in [6, 6.07) is 0.595. The fourth-order valence-corrected chi connectivity index (χ4v) is 2.37. The Kier molecular flexibility index (Phi) is 4.18. The van der Waals surface area contributed by atoms with Crippen LogP contribution in [-0.2, 0) is 11.3 Å². The van der Waals surface area contributed by atoms with Gasteiger partial charge in [0.05, 0.1) is 11.9 Å². The van der Waals surface area contributed by atoms with Crippen LogP contribution in [-0.4, -0.2) is 34.3 Å². The zero-order chi connectivity index (χ0) is 12.1. The molecule has 0 amide bonds. The molecule has 0 saturated carbocycles. The summed E-state index contributed by atoms with van der Waals surface area (Å²) >= 11 is 0. The lowest BCUT2D eigenvalue weighted by atomic mass is 9.90. The van der Waals surface area contributed by atoms with Gasteiger partial charge >= 0.3 is 0 Å². The molecule has 1 N–H and O–H groups in total. The molecular formula is C13H23N3O. The SMILES string of the molecule is CCC1(C)CC(NCCn2ccnc2)CCO1. The van der Waals surface area contributed by atoms with Gasteiger partial charge in [0.15, 0.2) is 0 Å². The van der Waals surface area contributed by atoms with Gasteiger partial charge < -0.3 is 14.6 Å². The Hall–Kier alpha value is -0.870. The molecule has 2 atom stereocenters. The van der Waals surface area contributed by atoms with E-state index in [1.807, 2.05) is 18.7 Å². The van der Waals surface area contributed by atoms with Crippen molar-refractivity contribution < 1.29 is 4.74 Å². The van der Waals surface area contributed by atoms with Gasteiger partial charge in [-0.1, -0.05) is 6.92 Å². The third-order valence-corrected chi connectivity index (χ3v) is 3.71. The quantitative estimate of drug-likeness (QED) is 0.849.